The first-order chi connectivity index (χ1) is 16.4. The van der Waals surface area contributed by atoms with Gasteiger partial charge in [-0.2, -0.15) is 0 Å². The van der Waals surface area contributed by atoms with Gasteiger partial charge >= 0.3 is 0 Å². The molecule has 0 saturated carbocycles. The normalized spacial score (nSPS) is 13.2. The molecule has 11 nitrogen and oxygen atoms in total. The molecule has 2 N–H and O–H groups in total. The summed E-state index contributed by atoms with van der Waals surface area (Å²) in [7, 11) is 0. The fourth-order valence-electron chi connectivity index (χ4n) is 2.57. The quantitative estimate of drug-likeness (QED) is 0.0702. The molecule has 0 aliphatic heterocycles. The first-order valence-corrected chi connectivity index (χ1v) is 12.1. The van der Waals surface area contributed by atoms with Gasteiger partial charge in [-0.05, 0) is 18.9 Å². The first-order valence-electron chi connectivity index (χ1n) is 12.1. The molecule has 0 rings (SSSR count). The second-order valence-electron chi connectivity index (χ2n) is 7.95. The van der Waals surface area contributed by atoms with E-state index in [1.54, 1.807) is 6.92 Å². The van der Waals surface area contributed by atoms with Gasteiger partial charge in [0.1, 0.15) is 5.72 Å². The smallest absolute Gasteiger partial charge is 0.222 e. The van der Waals surface area contributed by atoms with Gasteiger partial charge in [0, 0.05) is 43.5 Å². The number of allylic oxidation sites excluding steroid dienone is 1. The zero-order valence-electron chi connectivity index (χ0n) is 21.4. The number of rotatable bonds is 24. The maximum atomic E-state index is 11.6. The van der Waals surface area contributed by atoms with Gasteiger partial charge in [0.15, 0.2) is 0 Å². The fourth-order valence-corrected chi connectivity index (χ4v) is 2.57. The second kappa shape index (κ2) is 23.0. The van der Waals surface area contributed by atoms with Gasteiger partial charge in [0.2, 0.25) is 5.91 Å². The number of carbonyl (C=O) groups is 1. The molecule has 0 saturated heterocycles. The van der Waals surface area contributed by atoms with Crippen molar-refractivity contribution in [1.82, 2.24) is 10.6 Å². The Balaban J connectivity index is 3.70. The van der Waals surface area contributed by atoms with Gasteiger partial charge in [-0.25, -0.2) is 0 Å². The number of ether oxygens (including phenoxy) is 5. The van der Waals surface area contributed by atoms with Gasteiger partial charge in [-0.15, -0.1) is 0 Å². The predicted octanol–water partition coefficient (Wildman–Crippen LogP) is 2.96. The fraction of sp³-hybridized carbons (Fsp3) is 0.870. The topological polar surface area (TPSA) is 136 Å². The lowest BCUT2D eigenvalue weighted by Gasteiger charge is -2.24. The van der Waals surface area contributed by atoms with Crippen LogP contribution in [0.5, 0.6) is 0 Å². The molecule has 0 aromatic carbocycles. The Morgan fingerprint density at radius 3 is 2.24 bits per heavy atom. The summed E-state index contributed by atoms with van der Waals surface area (Å²) < 4.78 is 27.6. The molecule has 1 atom stereocenters. The van der Waals surface area contributed by atoms with Crippen LogP contribution < -0.4 is 10.6 Å². The van der Waals surface area contributed by atoms with Gasteiger partial charge in [0.05, 0.1) is 52.9 Å². The van der Waals surface area contributed by atoms with Crippen LogP contribution in [-0.2, 0) is 28.5 Å². The highest BCUT2D eigenvalue weighted by Gasteiger charge is 2.23. The number of carbonyl (C=O) groups excluding carboxylic acids is 1. The molecule has 1 unspecified atom stereocenters. The Bertz CT molecular complexity index is 572. The molecule has 11 heteroatoms. The number of nitrogens with zero attached hydrogens (tertiary/aromatic N) is 3. The van der Waals surface area contributed by atoms with Crippen LogP contribution >= 0.6 is 0 Å². The first kappa shape index (κ1) is 32.3. The predicted molar refractivity (Wildman–Crippen MR) is 132 cm³/mol. The largest absolute Gasteiger partial charge is 0.379 e. The molecule has 0 aromatic heterocycles. The van der Waals surface area contributed by atoms with Crippen molar-refractivity contribution in [3.8, 4) is 0 Å². The van der Waals surface area contributed by atoms with Gasteiger partial charge in [-0.3, -0.25) is 4.79 Å². The average molecular weight is 488 g/mol. The Hall–Kier alpha value is -1.72. The molecule has 0 aromatic rings. The molecular formula is C23H45N5O6. The summed E-state index contributed by atoms with van der Waals surface area (Å²) in [5, 5.41) is 9.82. The van der Waals surface area contributed by atoms with Crippen LogP contribution in [0.3, 0.4) is 0 Å². The van der Waals surface area contributed by atoms with Crippen molar-refractivity contribution in [2.75, 3.05) is 72.6 Å². The molecule has 34 heavy (non-hydrogen) atoms. The van der Waals surface area contributed by atoms with E-state index in [-0.39, 0.29) is 12.5 Å². The Morgan fingerprint density at radius 2 is 1.59 bits per heavy atom. The van der Waals surface area contributed by atoms with Gasteiger partial charge < -0.3 is 34.3 Å². The van der Waals surface area contributed by atoms with E-state index >= 15 is 0 Å². The standard InChI is InChI=1S/C23H45N5O6/c1-5-6-7-10-26-22(29)8-12-30-15-18-33-19-20-34-23(4,27-28-24)9-13-31-16-17-32-14-11-25-21(2)3/h6-7,21,25H,5,8-20H2,1-4H3,(H,26,29)/b7-6+. The number of azide groups is 1. The Kier molecular flexibility index (Phi) is 21.9. The zero-order chi connectivity index (χ0) is 25.3. The van der Waals surface area contributed by atoms with E-state index in [1.165, 1.54) is 0 Å². The Morgan fingerprint density at radius 1 is 0.971 bits per heavy atom. The van der Waals surface area contributed by atoms with E-state index in [2.05, 4.69) is 34.5 Å². The van der Waals surface area contributed by atoms with Crippen LogP contribution in [0.2, 0.25) is 0 Å². The van der Waals surface area contributed by atoms with Crippen LogP contribution in [0.15, 0.2) is 17.3 Å². The minimum atomic E-state index is -1.00. The third-order valence-electron chi connectivity index (χ3n) is 4.44. The molecule has 0 heterocycles. The van der Waals surface area contributed by atoms with Crippen molar-refractivity contribution in [3.63, 3.8) is 0 Å². The van der Waals surface area contributed by atoms with Gasteiger partial charge in [0.25, 0.3) is 0 Å². The summed E-state index contributed by atoms with van der Waals surface area (Å²) in [4.78, 5) is 14.5. The molecule has 0 aliphatic rings. The molecule has 0 spiro atoms. The third kappa shape index (κ3) is 22.1. The molecule has 198 valence electrons. The van der Waals surface area contributed by atoms with Crippen molar-refractivity contribution in [1.29, 1.82) is 0 Å². The summed E-state index contributed by atoms with van der Waals surface area (Å²) >= 11 is 0. The zero-order valence-corrected chi connectivity index (χ0v) is 21.4. The summed E-state index contributed by atoms with van der Waals surface area (Å²) in [5.41, 5.74) is 7.83. The number of hydrogen-bond acceptors (Lipinski definition) is 8. The molecule has 0 fully saturated rings. The number of nitrogens with one attached hydrogen (secondary N) is 2. The molecule has 1 amide bonds. The summed E-state index contributed by atoms with van der Waals surface area (Å²) in [6, 6.07) is 0.444. The van der Waals surface area contributed by atoms with Crippen molar-refractivity contribution in [2.45, 2.75) is 58.7 Å². The van der Waals surface area contributed by atoms with E-state index in [0.29, 0.717) is 78.3 Å². The van der Waals surface area contributed by atoms with Crippen LogP contribution in [0, 0.1) is 0 Å². The van der Waals surface area contributed by atoms with Crippen molar-refractivity contribution >= 4 is 5.91 Å². The lowest BCUT2D eigenvalue weighted by atomic mass is 10.2. The summed E-state index contributed by atoms with van der Waals surface area (Å²) in [6.07, 6.45) is 5.63. The molecule has 0 radical (unpaired) electrons. The number of amides is 1. The van der Waals surface area contributed by atoms with Crippen molar-refractivity contribution in [3.05, 3.63) is 22.6 Å². The van der Waals surface area contributed by atoms with Crippen LogP contribution in [0.25, 0.3) is 10.4 Å². The highest BCUT2D eigenvalue weighted by atomic mass is 16.6. The lowest BCUT2D eigenvalue weighted by Crippen LogP contribution is -2.30. The molecule has 0 aliphatic carbocycles. The maximum Gasteiger partial charge on any atom is 0.222 e. The highest BCUT2D eigenvalue weighted by molar-refractivity contribution is 5.76. The third-order valence-corrected chi connectivity index (χ3v) is 4.44. The van der Waals surface area contributed by atoms with E-state index in [4.69, 9.17) is 29.2 Å². The lowest BCUT2D eigenvalue weighted by molar-refractivity contribution is -0.122. The van der Waals surface area contributed by atoms with Crippen molar-refractivity contribution < 1.29 is 28.5 Å². The monoisotopic (exact) mass is 487 g/mol. The summed E-state index contributed by atoms with van der Waals surface area (Å²) in [6.45, 7) is 13.0. The van der Waals surface area contributed by atoms with Crippen LogP contribution in [0.4, 0.5) is 0 Å². The van der Waals surface area contributed by atoms with Gasteiger partial charge in [-0.1, -0.05) is 38.0 Å². The van der Waals surface area contributed by atoms with Crippen molar-refractivity contribution in [2.24, 2.45) is 5.11 Å². The summed E-state index contributed by atoms with van der Waals surface area (Å²) in [5.74, 6) is -0.0390. The SMILES string of the molecule is CC/C=C/CNC(=O)CCOCCOCCOC(C)(CCOCCOCCNC(C)C)N=[N+]=[N-]. The van der Waals surface area contributed by atoms with Crippen LogP contribution in [-0.4, -0.2) is 90.2 Å². The highest BCUT2D eigenvalue weighted by Crippen LogP contribution is 2.17. The minimum absolute atomic E-state index is 0.0390. The second-order valence-corrected chi connectivity index (χ2v) is 7.95. The van der Waals surface area contributed by atoms with E-state index in [9.17, 15) is 4.79 Å². The van der Waals surface area contributed by atoms with E-state index < -0.39 is 5.72 Å². The molecular weight excluding hydrogens is 442 g/mol. The number of hydrogen-bond donors (Lipinski definition) is 2. The Labute approximate surface area is 204 Å². The average Bonchev–Trinajstić information content (AvgIpc) is 2.79. The minimum Gasteiger partial charge on any atom is -0.379 e. The van der Waals surface area contributed by atoms with E-state index in [1.807, 2.05) is 19.1 Å². The van der Waals surface area contributed by atoms with E-state index in [0.717, 1.165) is 13.0 Å². The maximum absolute atomic E-state index is 11.6. The van der Waals surface area contributed by atoms with Crippen LogP contribution in [0.1, 0.15) is 47.0 Å². The molecule has 0 bridgehead atoms.